The molecular weight excluding hydrogens is 252 g/mol. The summed E-state index contributed by atoms with van der Waals surface area (Å²) in [5, 5.41) is 3.70. The summed E-state index contributed by atoms with van der Waals surface area (Å²) in [6.07, 6.45) is 9.23. The maximum absolute atomic E-state index is 11.2. The molecule has 0 amide bonds. The molecule has 0 aromatic rings. The third kappa shape index (κ3) is 4.74. The Labute approximate surface area is 123 Å². The van der Waals surface area contributed by atoms with Gasteiger partial charge in [-0.3, -0.25) is 4.79 Å². The Bertz CT molecular complexity index is 297. The molecule has 1 N–H and O–H groups in total. The van der Waals surface area contributed by atoms with E-state index in [0.717, 1.165) is 37.5 Å². The van der Waals surface area contributed by atoms with Crippen LogP contribution in [0.25, 0.3) is 0 Å². The van der Waals surface area contributed by atoms with Gasteiger partial charge in [0.25, 0.3) is 0 Å². The molecule has 0 aromatic carbocycles. The summed E-state index contributed by atoms with van der Waals surface area (Å²) in [6.45, 7) is 3.52. The van der Waals surface area contributed by atoms with E-state index in [9.17, 15) is 4.79 Å². The number of carbonyl (C=O) groups excluding carboxylic acids is 1. The zero-order valence-electron chi connectivity index (χ0n) is 13.1. The van der Waals surface area contributed by atoms with Crippen LogP contribution in [0.5, 0.6) is 0 Å². The number of fused-ring (bicyclic) bond motifs is 2. The number of unbranched alkanes of at least 4 members (excludes halogenated alkanes) is 2. The zero-order chi connectivity index (χ0) is 14.4. The highest BCUT2D eigenvalue weighted by Gasteiger charge is 2.34. The number of nitrogens with zero attached hydrogens (tertiary/aromatic N) is 1. The minimum Gasteiger partial charge on any atom is -0.466 e. The van der Waals surface area contributed by atoms with Crippen LogP contribution in [-0.4, -0.2) is 49.2 Å². The number of ether oxygens (including phenoxy) is 1. The lowest BCUT2D eigenvalue weighted by Gasteiger charge is -2.35. The van der Waals surface area contributed by atoms with Gasteiger partial charge in [0.1, 0.15) is 0 Å². The second-order valence-corrected chi connectivity index (χ2v) is 6.36. The summed E-state index contributed by atoms with van der Waals surface area (Å²) in [7, 11) is 2.26. The number of rotatable bonds is 8. The summed E-state index contributed by atoms with van der Waals surface area (Å²) in [5.41, 5.74) is 0. The van der Waals surface area contributed by atoms with E-state index in [1.54, 1.807) is 0 Å². The van der Waals surface area contributed by atoms with Crippen LogP contribution in [0.1, 0.15) is 58.3 Å². The molecule has 0 aliphatic carbocycles. The van der Waals surface area contributed by atoms with E-state index in [1.807, 2.05) is 6.92 Å². The summed E-state index contributed by atoms with van der Waals surface area (Å²) in [5.74, 6) is -0.0456. The fraction of sp³-hybridized carbons (Fsp3) is 0.938. The highest BCUT2D eigenvalue weighted by Crippen LogP contribution is 2.29. The van der Waals surface area contributed by atoms with Gasteiger partial charge in [0.05, 0.1) is 6.61 Å². The van der Waals surface area contributed by atoms with Crippen LogP contribution in [-0.2, 0) is 9.53 Å². The van der Waals surface area contributed by atoms with Gasteiger partial charge in [-0.2, -0.15) is 0 Å². The van der Waals surface area contributed by atoms with Crippen molar-refractivity contribution in [1.82, 2.24) is 10.2 Å². The smallest absolute Gasteiger partial charge is 0.305 e. The molecule has 0 spiro atoms. The minimum atomic E-state index is -0.0456. The molecule has 2 fully saturated rings. The van der Waals surface area contributed by atoms with Gasteiger partial charge in [-0.25, -0.2) is 0 Å². The highest BCUT2D eigenvalue weighted by molar-refractivity contribution is 5.69. The average Bonchev–Trinajstić information content (AvgIpc) is 2.77. The van der Waals surface area contributed by atoms with E-state index in [-0.39, 0.29) is 5.97 Å². The highest BCUT2D eigenvalue weighted by atomic mass is 16.5. The van der Waals surface area contributed by atoms with Crippen LogP contribution in [0.2, 0.25) is 0 Å². The Morgan fingerprint density at radius 1 is 1.20 bits per heavy atom. The third-order valence-corrected chi connectivity index (χ3v) is 4.77. The van der Waals surface area contributed by atoms with Gasteiger partial charge in [0.15, 0.2) is 0 Å². The fourth-order valence-electron chi connectivity index (χ4n) is 3.61. The molecule has 2 saturated heterocycles. The molecule has 2 heterocycles. The molecule has 2 bridgehead atoms. The Hall–Kier alpha value is -0.610. The van der Waals surface area contributed by atoms with E-state index in [1.165, 1.54) is 32.1 Å². The molecule has 2 aliphatic heterocycles. The van der Waals surface area contributed by atoms with E-state index >= 15 is 0 Å². The fourth-order valence-corrected chi connectivity index (χ4v) is 3.61. The van der Waals surface area contributed by atoms with Crippen molar-refractivity contribution in [3.05, 3.63) is 0 Å². The normalized spacial score (nSPS) is 28.9. The van der Waals surface area contributed by atoms with Gasteiger partial charge in [-0.15, -0.1) is 0 Å². The van der Waals surface area contributed by atoms with Crippen molar-refractivity contribution in [2.45, 2.75) is 76.4 Å². The molecule has 2 atom stereocenters. The van der Waals surface area contributed by atoms with Gasteiger partial charge in [0.2, 0.25) is 0 Å². The number of hydrogen-bond acceptors (Lipinski definition) is 4. The molecular formula is C16H30N2O2. The standard InChI is InChI=1S/C16H30N2O2/c1-3-20-16(19)7-5-4-6-10-18(2)15-11-13-8-9-14(12-15)17-13/h13-15,17H,3-12H2,1-2H3. The van der Waals surface area contributed by atoms with Crippen LogP contribution in [0.3, 0.4) is 0 Å². The van der Waals surface area contributed by atoms with Crippen LogP contribution in [0, 0.1) is 0 Å². The summed E-state index contributed by atoms with van der Waals surface area (Å²) in [6, 6.07) is 2.30. The first kappa shape index (κ1) is 15.8. The number of piperidine rings is 1. The Morgan fingerprint density at radius 3 is 2.55 bits per heavy atom. The quantitative estimate of drug-likeness (QED) is 0.548. The summed E-state index contributed by atoms with van der Waals surface area (Å²) >= 11 is 0. The molecule has 0 aromatic heterocycles. The second-order valence-electron chi connectivity index (χ2n) is 6.36. The van der Waals surface area contributed by atoms with E-state index in [2.05, 4.69) is 17.3 Å². The van der Waals surface area contributed by atoms with Crippen molar-refractivity contribution in [1.29, 1.82) is 0 Å². The first-order chi connectivity index (χ1) is 9.69. The first-order valence-corrected chi connectivity index (χ1v) is 8.31. The lowest BCUT2D eigenvalue weighted by molar-refractivity contribution is -0.143. The number of hydrogen-bond donors (Lipinski definition) is 1. The maximum Gasteiger partial charge on any atom is 0.305 e. The predicted octanol–water partition coefficient (Wildman–Crippen LogP) is 2.32. The zero-order valence-corrected chi connectivity index (χ0v) is 13.1. The van der Waals surface area contributed by atoms with Crippen molar-refractivity contribution in [3.63, 3.8) is 0 Å². The van der Waals surface area contributed by atoms with Gasteiger partial charge < -0.3 is 15.0 Å². The third-order valence-electron chi connectivity index (χ3n) is 4.77. The molecule has 4 heteroatoms. The molecule has 4 nitrogen and oxygen atoms in total. The average molecular weight is 282 g/mol. The van der Waals surface area contributed by atoms with Crippen LogP contribution >= 0.6 is 0 Å². The summed E-state index contributed by atoms with van der Waals surface area (Å²) < 4.78 is 4.94. The lowest BCUT2D eigenvalue weighted by Crippen LogP contribution is -2.47. The van der Waals surface area contributed by atoms with Gasteiger partial charge in [-0.1, -0.05) is 6.42 Å². The first-order valence-electron chi connectivity index (χ1n) is 8.31. The Morgan fingerprint density at radius 2 is 1.90 bits per heavy atom. The number of nitrogens with one attached hydrogen (secondary N) is 1. The van der Waals surface area contributed by atoms with Crippen LogP contribution in [0.15, 0.2) is 0 Å². The number of carbonyl (C=O) groups is 1. The van der Waals surface area contributed by atoms with Crippen molar-refractivity contribution in [2.24, 2.45) is 0 Å². The van der Waals surface area contributed by atoms with Gasteiger partial charge in [-0.05, 0) is 59.0 Å². The molecule has 0 saturated carbocycles. The van der Waals surface area contributed by atoms with Gasteiger partial charge >= 0.3 is 5.97 Å². The second kappa shape index (κ2) is 7.99. The van der Waals surface area contributed by atoms with Gasteiger partial charge in [0, 0.05) is 24.5 Å². The monoisotopic (exact) mass is 282 g/mol. The number of esters is 1. The molecule has 2 rings (SSSR count). The van der Waals surface area contributed by atoms with Crippen molar-refractivity contribution in [3.8, 4) is 0 Å². The van der Waals surface area contributed by atoms with Crippen molar-refractivity contribution in [2.75, 3.05) is 20.2 Å². The van der Waals surface area contributed by atoms with Crippen LogP contribution in [0.4, 0.5) is 0 Å². The van der Waals surface area contributed by atoms with Crippen molar-refractivity contribution < 1.29 is 9.53 Å². The molecule has 2 aliphatic rings. The van der Waals surface area contributed by atoms with Crippen molar-refractivity contribution >= 4 is 5.97 Å². The largest absolute Gasteiger partial charge is 0.466 e. The summed E-state index contributed by atoms with van der Waals surface area (Å²) in [4.78, 5) is 13.8. The van der Waals surface area contributed by atoms with E-state index in [0.29, 0.717) is 13.0 Å². The molecule has 116 valence electrons. The minimum absolute atomic E-state index is 0.0456. The topological polar surface area (TPSA) is 41.6 Å². The SMILES string of the molecule is CCOC(=O)CCCCCN(C)C1CC2CCC(C1)N2. The molecule has 2 unspecified atom stereocenters. The Balaban J connectivity index is 1.54. The maximum atomic E-state index is 11.2. The molecule has 0 radical (unpaired) electrons. The lowest BCUT2D eigenvalue weighted by atomic mass is 9.98. The van der Waals surface area contributed by atoms with E-state index in [4.69, 9.17) is 4.74 Å². The Kier molecular flexibility index (Phi) is 6.30. The van der Waals surface area contributed by atoms with E-state index < -0.39 is 0 Å². The van der Waals surface area contributed by atoms with Crippen LogP contribution < -0.4 is 5.32 Å². The predicted molar refractivity (Wildman–Crippen MR) is 80.7 cm³/mol. The molecule has 20 heavy (non-hydrogen) atoms.